The number of aliphatic hydroxyl groups is 1. The number of methoxy groups -OCH3 is 2. The molecule has 0 aliphatic carbocycles. The van der Waals surface area contributed by atoms with Crippen molar-refractivity contribution in [1.29, 1.82) is 0 Å². The lowest BCUT2D eigenvalue weighted by Gasteiger charge is -2.45. The first-order valence-corrected chi connectivity index (χ1v) is 19.3. The minimum absolute atomic E-state index is 0.0498. The number of hydrogen-bond donors (Lipinski definition) is 1. The Morgan fingerprint density at radius 3 is 1.95 bits per heavy atom. The van der Waals surface area contributed by atoms with E-state index in [1.165, 1.54) is 7.11 Å². The first-order chi connectivity index (χ1) is 28.6. The predicted molar refractivity (Wildman–Crippen MR) is 209 cm³/mol. The minimum atomic E-state index is -1.80. The number of amides is 2. The van der Waals surface area contributed by atoms with Gasteiger partial charge in [0.1, 0.15) is 31.0 Å². The van der Waals surface area contributed by atoms with Crippen molar-refractivity contribution in [3.8, 4) is 0 Å². The van der Waals surface area contributed by atoms with E-state index >= 15 is 0 Å². The number of ketones is 2. The van der Waals surface area contributed by atoms with Crippen LogP contribution in [0.15, 0.2) is 103 Å². The van der Waals surface area contributed by atoms with E-state index < -0.39 is 78.5 Å². The molecular formula is C44H51NO14. The molecule has 5 rings (SSSR count). The summed E-state index contributed by atoms with van der Waals surface area (Å²) in [6.45, 7) is 1.09. The third-order valence-corrected chi connectivity index (χ3v) is 9.74. The smallest absolute Gasteiger partial charge is 0.417 e. The maximum atomic E-state index is 13.7. The number of carbonyl (C=O) groups is 5. The van der Waals surface area contributed by atoms with Crippen molar-refractivity contribution >= 4 is 29.5 Å². The van der Waals surface area contributed by atoms with E-state index in [1.54, 1.807) is 0 Å². The fourth-order valence-electron chi connectivity index (χ4n) is 6.84. The Morgan fingerprint density at radius 2 is 1.39 bits per heavy atom. The number of aliphatic hydroxyl groups excluding tert-OH is 1. The molecule has 15 nitrogen and oxygen atoms in total. The average molecular weight is 818 g/mol. The van der Waals surface area contributed by atoms with Gasteiger partial charge in [0, 0.05) is 34.2 Å². The molecule has 8 atom stereocenters. The fourth-order valence-corrected chi connectivity index (χ4v) is 6.84. The number of allylic oxidation sites excluding steroid dienone is 1. The SMILES string of the molecule is CO[C@H]1O[C@H](CO)[C@@H](OCc2ccccc2)[C@H](OCc2ccccc2)[C@@H]1OCCCC(=O)C=CC(=O)[C@H](OC(C)=O)[C@@H](OC)C(=O)N1C(=O)OC[C@H]1Cc1ccccc1. The number of nitrogens with zero attached hydrogens (tertiary/aromatic N) is 1. The van der Waals surface area contributed by atoms with Gasteiger partial charge in [-0.15, -0.1) is 0 Å². The van der Waals surface area contributed by atoms with E-state index in [9.17, 15) is 29.1 Å². The Balaban J connectivity index is 1.21. The van der Waals surface area contributed by atoms with Crippen molar-refractivity contribution in [2.24, 2.45) is 0 Å². The van der Waals surface area contributed by atoms with Crippen molar-refractivity contribution in [2.45, 2.75) is 88.4 Å². The zero-order valence-electron chi connectivity index (χ0n) is 33.3. The summed E-state index contributed by atoms with van der Waals surface area (Å²) in [5.41, 5.74) is 2.66. The summed E-state index contributed by atoms with van der Waals surface area (Å²) in [7, 11) is 2.59. The summed E-state index contributed by atoms with van der Waals surface area (Å²) in [4.78, 5) is 65.7. The van der Waals surface area contributed by atoms with E-state index in [-0.39, 0.29) is 52.3 Å². The highest BCUT2D eigenvalue weighted by Crippen LogP contribution is 2.30. The van der Waals surface area contributed by atoms with Gasteiger partial charge in [-0.1, -0.05) is 91.0 Å². The largest absolute Gasteiger partial charge is 0.451 e. The molecule has 2 aliphatic rings. The van der Waals surface area contributed by atoms with Crippen LogP contribution in [0.3, 0.4) is 0 Å². The van der Waals surface area contributed by atoms with Crippen molar-refractivity contribution in [3.05, 3.63) is 120 Å². The highest BCUT2D eigenvalue weighted by molar-refractivity contribution is 6.05. The van der Waals surface area contributed by atoms with Gasteiger partial charge in [0.25, 0.3) is 5.91 Å². The summed E-state index contributed by atoms with van der Waals surface area (Å²) in [6.07, 6.45) is -6.13. The van der Waals surface area contributed by atoms with Gasteiger partial charge in [0.15, 0.2) is 30.1 Å². The number of cyclic esters (lactones) is 1. The van der Waals surface area contributed by atoms with Gasteiger partial charge in [0.2, 0.25) is 0 Å². The molecule has 3 aromatic rings. The minimum Gasteiger partial charge on any atom is -0.451 e. The molecule has 2 heterocycles. The molecular weight excluding hydrogens is 766 g/mol. The van der Waals surface area contributed by atoms with E-state index in [2.05, 4.69) is 0 Å². The Bertz CT molecular complexity index is 1840. The molecule has 0 radical (unpaired) electrons. The predicted octanol–water partition coefficient (Wildman–Crippen LogP) is 3.92. The monoisotopic (exact) mass is 817 g/mol. The molecule has 2 fully saturated rings. The summed E-state index contributed by atoms with van der Waals surface area (Å²) in [5.74, 6) is -3.18. The van der Waals surface area contributed by atoms with Gasteiger partial charge < -0.3 is 43.0 Å². The van der Waals surface area contributed by atoms with Crippen LogP contribution in [0.4, 0.5) is 4.79 Å². The zero-order valence-corrected chi connectivity index (χ0v) is 33.3. The Kier molecular flexibility index (Phi) is 17.4. The second-order valence-electron chi connectivity index (χ2n) is 13.9. The van der Waals surface area contributed by atoms with Crippen molar-refractivity contribution in [2.75, 3.05) is 34.0 Å². The highest BCUT2D eigenvalue weighted by atomic mass is 16.7. The van der Waals surface area contributed by atoms with E-state index in [0.29, 0.717) is 0 Å². The van der Waals surface area contributed by atoms with Crippen LogP contribution in [0.25, 0.3) is 0 Å². The molecule has 2 aliphatic heterocycles. The normalized spacial score (nSPS) is 22.8. The lowest BCUT2D eigenvalue weighted by Crippen LogP contribution is -2.61. The molecule has 0 unspecified atom stereocenters. The number of rotatable bonds is 22. The van der Waals surface area contributed by atoms with Crippen LogP contribution in [-0.4, -0.2) is 123 Å². The molecule has 15 heteroatoms. The van der Waals surface area contributed by atoms with Crippen LogP contribution >= 0.6 is 0 Å². The van der Waals surface area contributed by atoms with E-state index in [1.807, 2.05) is 91.0 Å². The highest BCUT2D eigenvalue weighted by Gasteiger charge is 2.49. The standard InChI is InChI=1S/C44H51NO14/c1-29(47)58-37(40(52-2)42(50)45-33(28-57-44(45)51)24-30-14-7-4-8-15-30)35(49)22-21-34(48)20-13-23-54-41-39(56-27-32-18-11-6-12-19-32)38(36(25-46)59-43(41)53-3)55-26-31-16-9-5-10-17-31/h4-12,14-19,21-22,33,36-41,43,46H,13,20,23-28H2,1-3H3/t33-,36-,37+,38-,39+,40-,41+,43+/m1/s1. The van der Waals surface area contributed by atoms with Crippen LogP contribution in [-0.2, 0) is 76.7 Å². The van der Waals surface area contributed by atoms with E-state index in [4.69, 9.17) is 37.9 Å². The van der Waals surface area contributed by atoms with E-state index in [0.717, 1.165) is 47.8 Å². The quantitative estimate of drug-likeness (QED) is 0.0875. The molecule has 2 amide bonds. The molecule has 0 spiro atoms. The van der Waals surface area contributed by atoms with Gasteiger partial charge in [-0.25, -0.2) is 9.69 Å². The summed E-state index contributed by atoms with van der Waals surface area (Å²) < 4.78 is 46.4. The molecule has 0 bridgehead atoms. The summed E-state index contributed by atoms with van der Waals surface area (Å²) in [6, 6.07) is 27.5. The van der Waals surface area contributed by atoms with Gasteiger partial charge in [-0.05, 0) is 41.7 Å². The Morgan fingerprint density at radius 1 is 0.797 bits per heavy atom. The molecule has 0 aromatic heterocycles. The average Bonchev–Trinajstić information content (AvgIpc) is 3.62. The number of carbonyl (C=O) groups excluding carboxylic acids is 5. The lowest BCUT2D eigenvalue weighted by molar-refractivity contribution is -0.319. The maximum absolute atomic E-state index is 13.7. The zero-order chi connectivity index (χ0) is 42.1. The number of hydrogen-bond acceptors (Lipinski definition) is 14. The first-order valence-electron chi connectivity index (χ1n) is 19.3. The van der Waals surface area contributed by atoms with Gasteiger partial charge in [0.05, 0.1) is 25.9 Å². The summed E-state index contributed by atoms with van der Waals surface area (Å²) in [5, 5.41) is 10.3. The Labute approximate surface area is 343 Å². The molecule has 2 saturated heterocycles. The topological polar surface area (TPSA) is 183 Å². The van der Waals surface area contributed by atoms with Crippen LogP contribution in [0.1, 0.15) is 36.5 Å². The molecule has 0 saturated carbocycles. The molecule has 59 heavy (non-hydrogen) atoms. The lowest BCUT2D eigenvalue weighted by atomic mass is 9.98. The van der Waals surface area contributed by atoms with Crippen LogP contribution in [0.2, 0.25) is 0 Å². The third kappa shape index (κ3) is 12.7. The Hall–Kier alpha value is -5.13. The maximum Gasteiger partial charge on any atom is 0.417 e. The number of benzene rings is 3. The fraction of sp³-hybridized carbons (Fsp3) is 0.432. The third-order valence-electron chi connectivity index (χ3n) is 9.74. The second kappa shape index (κ2) is 22.9. The van der Waals surface area contributed by atoms with Gasteiger partial charge >= 0.3 is 12.1 Å². The molecule has 3 aromatic carbocycles. The van der Waals surface area contributed by atoms with Crippen molar-refractivity contribution < 1.29 is 67.0 Å². The van der Waals surface area contributed by atoms with Gasteiger partial charge in [-0.3, -0.25) is 19.2 Å². The second-order valence-corrected chi connectivity index (χ2v) is 13.9. The molecule has 1 N–H and O–H groups in total. The van der Waals surface area contributed by atoms with Crippen LogP contribution in [0.5, 0.6) is 0 Å². The van der Waals surface area contributed by atoms with Gasteiger partial charge in [-0.2, -0.15) is 0 Å². The van der Waals surface area contributed by atoms with Crippen molar-refractivity contribution in [3.63, 3.8) is 0 Å². The summed E-state index contributed by atoms with van der Waals surface area (Å²) >= 11 is 0. The number of ether oxygens (including phenoxy) is 8. The number of esters is 1. The molecule has 316 valence electrons. The number of imide groups is 1. The van der Waals surface area contributed by atoms with Crippen LogP contribution < -0.4 is 0 Å². The van der Waals surface area contributed by atoms with Crippen molar-refractivity contribution in [1.82, 2.24) is 4.90 Å². The first kappa shape index (κ1) is 45.0. The van der Waals surface area contributed by atoms with Crippen LogP contribution in [0, 0.1) is 0 Å².